The normalized spacial score (nSPS) is 13.0. The van der Waals surface area contributed by atoms with Gasteiger partial charge in [0.25, 0.3) is 0 Å². The number of aromatic nitrogens is 1. The van der Waals surface area contributed by atoms with E-state index in [1.807, 2.05) is 39.1 Å². The van der Waals surface area contributed by atoms with Crippen LogP contribution in [0.15, 0.2) is 41.3 Å². The molecule has 2 heterocycles. The van der Waals surface area contributed by atoms with Gasteiger partial charge in [0.15, 0.2) is 0 Å². The lowest BCUT2D eigenvalue weighted by atomic mass is 10.1. The highest BCUT2D eigenvalue weighted by Gasteiger charge is 2.23. The summed E-state index contributed by atoms with van der Waals surface area (Å²) in [7, 11) is 0. The number of aromatic amines is 1. The molecule has 5 nitrogen and oxygen atoms in total. The highest BCUT2D eigenvalue weighted by molar-refractivity contribution is 5.69. The lowest BCUT2D eigenvalue weighted by Gasteiger charge is -2.22. The Kier molecular flexibility index (Phi) is 3.64. The summed E-state index contributed by atoms with van der Waals surface area (Å²) in [6, 6.07) is 5.11. The van der Waals surface area contributed by atoms with E-state index in [1.165, 1.54) is 0 Å². The maximum absolute atomic E-state index is 11.9. The van der Waals surface area contributed by atoms with E-state index < -0.39 is 11.7 Å². The second kappa shape index (κ2) is 5.22. The molecular weight excluding hydrogens is 244 g/mol. The Morgan fingerprint density at radius 2 is 2.21 bits per heavy atom. The first-order valence-corrected chi connectivity index (χ1v) is 6.11. The summed E-state index contributed by atoms with van der Waals surface area (Å²) in [5, 5.41) is 2.80. The molecule has 0 bridgehead atoms. The molecule has 102 valence electrons. The number of carbonyl (C=O) groups is 1. The molecule has 0 radical (unpaired) electrons. The highest BCUT2D eigenvalue weighted by atomic mass is 16.6. The summed E-state index contributed by atoms with van der Waals surface area (Å²) in [5.41, 5.74) is 0.372. The van der Waals surface area contributed by atoms with Crippen molar-refractivity contribution in [3.8, 4) is 0 Å². The van der Waals surface area contributed by atoms with Gasteiger partial charge in [0, 0.05) is 12.4 Å². The summed E-state index contributed by atoms with van der Waals surface area (Å²) in [6.07, 6.45) is 4.70. The number of nitrogens with one attached hydrogen (secondary N) is 2. The molecule has 2 rings (SSSR count). The monoisotopic (exact) mass is 262 g/mol. The van der Waals surface area contributed by atoms with Gasteiger partial charge in [-0.15, -0.1) is 0 Å². The van der Waals surface area contributed by atoms with Gasteiger partial charge in [0.05, 0.1) is 6.26 Å². The van der Waals surface area contributed by atoms with Gasteiger partial charge in [-0.05, 0) is 44.5 Å². The first-order chi connectivity index (χ1) is 8.96. The van der Waals surface area contributed by atoms with E-state index in [4.69, 9.17) is 9.15 Å². The zero-order chi connectivity index (χ0) is 13.9. The third-order valence-corrected chi connectivity index (χ3v) is 2.44. The molecule has 19 heavy (non-hydrogen) atoms. The van der Waals surface area contributed by atoms with Crippen LogP contribution in [0, 0.1) is 0 Å². The number of amides is 1. The standard InChI is InChI=1S/C14H18N2O3/c1-14(2,3)19-13(17)16-12(10-6-7-15-9-10)11-5-4-8-18-11/h4-9,12,15H,1-3H3,(H,16,17)/t12-/m1/s1. The number of hydrogen-bond acceptors (Lipinski definition) is 3. The number of hydrogen-bond donors (Lipinski definition) is 2. The van der Waals surface area contributed by atoms with Crippen LogP contribution in [0.2, 0.25) is 0 Å². The number of carbonyl (C=O) groups excluding carboxylic acids is 1. The molecular formula is C14H18N2O3. The molecule has 0 saturated heterocycles. The van der Waals surface area contributed by atoms with E-state index >= 15 is 0 Å². The number of H-pyrrole nitrogens is 1. The molecule has 0 aliphatic heterocycles. The van der Waals surface area contributed by atoms with Gasteiger partial charge in [0.1, 0.15) is 17.4 Å². The van der Waals surface area contributed by atoms with Gasteiger partial charge in [-0.3, -0.25) is 0 Å². The zero-order valence-corrected chi connectivity index (χ0v) is 11.3. The van der Waals surface area contributed by atoms with Crippen molar-refractivity contribution < 1.29 is 13.9 Å². The molecule has 0 fully saturated rings. The largest absolute Gasteiger partial charge is 0.467 e. The molecule has 1 amide bonds. The molecule has 2 aromatic heterocycles. The Bertz CT molecular complexity index is 475. The fraction of sp³-hybridized carbons (Fsp3) is 0.357. The zero-order valence-electron chi connectivity index (χ0n) is 11.3. The third-order valence-electron chi connectivity index (χ3n) is 2.44. The average molecular weight is 262 g/mol. The van der Waals surface area contributed by atoms with E-state index in [1.54, 1.807) is 18.5 Å². The fourth-order valence-electron chi connectivity index (χ4n) is 1.72. The van der Waals surface area contributed by atoms with Gasteiger partial charge < -0.3 is 19.5 Å². The Hall–Kier alpha value is -2.17. The molecule has 5 heteroatoms. The quantitative estimate of drug-likeness (QED) is 0.892. The Labute approximate surface area is 112 Å². The van der Waals surface area contributed by atoms with Crippen LogP contribution in [0.4, 0.5) is 4.79 Å². The van der Waals surface area contributed by atoms with Gasteiger partial charge in [-0.2, -0.15) is 0 Å². The second-order valence-corrected chi connectivity index (χ2v) is 5.24. The molecule has 2 N–H and O–H groups in total. The van der Waals surface area contributed by atoms with Crippen LogP contribution in [0.3, 0.4) is 0 Å². The van der Waals surface area contributed by atoms with E-state index in [0.717, 1.165) is 5.56 Å². The summed E-state index contributed by atoms with van der Waals surface area (Å²) >= 11 is 0. The van der Waals surface area contributed by atoms with Crippen molar-refractivity contribution in [2.75, 3.05) is 0 Å². The first kappa shape index (κ1) is 13.3. The van der Waals surface area contributed by atoms with Crippen LogP contribution in [0.5, 0.6) is 0 Å². The predicted molar refractivity (Wildman–Crippen MR) is 70.7 cm³/mol. The van der Waals surface area contributed by atoms with E-state index in [2.05, 4.69) is 10.3 Å². The van der Waals surface area contributed by atoms with Gasteiger partial charge in [0.2, 0.25) is 0 Å². The average Bonchev–Trinajstić information content (AvgIpc) is 2.97. The maximum Gasteiger partial charge on any atom is 0.408 e. The number of furan rings is 1. The highest BCUT2D eigenvalue weighted by Crippen LogP contribution is 2.22. The van der Waals surface area contributed by atoms with Crippen molar-refractivity contribution >= 4 is 6.09 Å². The Balaban J connectivity index is 2.14. The fourth-order valence-corrected chi connectivity index (χ4v) is 1.72. The molecule has 0 saturated carbocycles. The van der Waals surface area contributed by atoms with Crippen LogP contribution >= 0.6 is 0 Å². The van der Waals surface area contributed by atoms with Crippen molar-refractivity contribution in [2.24, 2.45) is 0 Å². The number of alkyl carbamates (subject to hydrolysis) is 1. The molecule has 1 atom stereocenters. The lowest BCUT2D eigenvalue weighted by molar-refractivity contribution is 0.0507. The summed E-state index contributed by atoms with van der Waals surface area (Å²) in [5.74, 6) is 0.658. The number of rotatable bonds is 3. The van der Waals surface area contributed by atoms with E-state index in [0.29, 0.717) is 5.76 Å². The lowest BCUT2D eigenvalue weighted by Crippen LogP contribution is -2.35. The number of ether oxygens (including phenoxy) is 1. The van der Waals surface area contributed by atoms with Crippen molar-refractivity contribution in [3.05, 3.63) is 48.2 Å². The molecule has 0 aliphatic carbocycles. The third kappa shape index (κ3) is 3.64. The van der Waals surface area contributed by atoms with E-state index in [-0.39, 0.29) is 6.04 Å². The maximum atomic E-state index is 11.9. The van der Waals surface area contributed by atoms with Crippen molar-refractivity contribution in [1.29, 1.82) is 0 Å². The van der Waals surface area contributed by atoms with Crippen molar-refractivity contribution in [3.63, 3.8) is 0 Å². The van der Waals surface area contributed by atoms with Gasteiger partial charge in [-0.1, -0.05) is 0 Å². The molecule has 0 aromatic carbocycles. The minimum atomic E-state index is -0.532. The topological polar surface area (TPSA) is 67.3 Å². The van der Waals surface area contributed by atoms with Gasteiger partial charge in [-0.25, -0.2) is 4.79 Å². The summed E-state index contributed by atoms with van der Waals surface area (Å²) in [6.45, 7) is 5.47. The van der Waals surface area contributed by atoms with Crippen molar-refractivity contribution in [2.45, 2.75) is 32.4 Å². The predicted octanol–water partition coefficient (Wildman–Crippen LogP) is 3.22. The van der Waals surface area contributed by atoms with Crippen LogP contribution < -0.4 is 5.32 Å². The van der Waals surface area contributed by atoms with Crippen molar-refractivity contribution in [1.82, 2.24) is 10.3 Å². The Morgan fingerprint density at radius 3 is 2.74 bits per heavy atom. The van der Waals surface area contributed by atoms with Crippen LogP contribution in [-0.2, 0) is 4.74 Å². The molecule has 2 aromatic rings. The minimum Gasteiger partial charge on any atom is -0.467 e. The van der Waals surface area contributed by atoms with Gasteiger partial charge >= 0.3 is 6.09 Å². The molecule has 0 aliphatic rings. The van der Waals surface area contributed by atoms with Crippen LogP contribution in [-0.4, -0.2) is 16.7 Å². The minimum absolute atomic E-state index is 0.365. The van der Waals surface area contributed by atoms with Crippen LogP contribution in [0.1, 0.15) is 38.1 Å². The van der Waals surface area contributed by atoms with Crippen LogP contribution in [0.25, 0.3) is 0 Å². The Morgan fingerprint density at radius 1 is 1.42 bits per heavy atom. The summed E-state index contributed by atoms with van der Waals surface area (Å²) < 4.78 is 10.6. The SMILES string of the molecule is CC(C)(C)OC(=O)N[C@H](c1cc[nH]c1)c1ccco1. The smallest absolute Gasteiger partial charge is 0.408 e. The first-order valence-electron chi connectivity index (χ1n) is 6.11. The summed E-state index contributed by atoms with van der Waals surface area (Å²) in [4.78, 5) is 14.8. The second-order valence-electron chi connectivity index (χ2n) is 5.24. The molecule has 0 spiro atoms. The molecule has 0 unspecified atom stereocenters. The van der Waals surface area contributed by atoms with E-state index in [9.17, 15) is 4.79 Å².